The molecular formula is C17H16N4O2S. The second-order valence-corrected chi connectivity index (χ2v) is 6.06. The van der Waals surface area contributed by atoms with E-state index in [1.807, 2.05) is 43.3 Å². The van der Waals surface area contributed by atoms with Gasteiger partial charge in [0.25, 0.3) is 0 Å². The fraction of sp³-hybridized carbons (Fsp3) is 0.176. The minimum Gasteiger partial charge on any atom is -0.496 e. The van der Waals surface area contributed by atoms with Crippen molar-refractivity contribution in [3.63, 3.8) is 0 Å². The zero-order valence-electron chi connectivity index (χ0n) is 13.3. The Bertz CT molecular complexity index is 846. The third-order valence-corrected chi connectivity index (χ3v) is 4.38. The van der Waals surface area contributed by atoms with Crippen molar-refractivity contribution >= 4 is 17.5 Å². The van der Waals surface area contributed by atoms with Crippen LogP contribution in [0.1, 0.15) is 15.9 Å². The molecule has 1 heterocycles. The first kappa shape index (κ1) is 16.2. The van der Waals surface area contributed by atoms with Crippen molar-refractivity contribution in [3.8, 4) is 11.4 Å². The molecule has 0 saturated heterocycles. The predicted octanol–water partition coefficient (Wildman–Crippen LogP) is 2.95. The number of tetrazole rings is 1. The van der Waals surface area contributed by atoms with E-state index in [1.165, 1.54) is 11.8 Å². The molecule has 0 N–H and O–H groups in total. The van der Waals surface area contributed by atoms with E-state index in [-0.39, 0.29) is 11.5 Å². The Labute approximate surface area is 143 Å². The highest BCUT2D eigenvalue weighted by Gasteiger charge is 2.15. The second kappa shape index (κ2) is 7.27. The zero-order chi connectivity index (χ0) is 16.9. The third kappa shape index (κ3) is 3.46. The van der Waals surface area contributed by atoms with Crippen LogP contribution >= 0.6 is 11.8 Å². The molecule has 0 aliphatic carbocycles. The molecule has 3 rings (SSSR count). The van der Waals surface area contributed by atoms with Gasteiger partial charge in [-0.05, 0) is 41.6 Å². The molecule has 122 valence electrons. The van der Waals surface area contributed by atoms with Gasteiger partial charge in [-0.25, -0.2) is 0 Å². The smallest absolute Gasteiger partial charge is 0.214 e. The Morgan fingerprint density at radius 1 is 1.17 bits per heavy atom. The molecular weight excluding hydrogens is 324 g/mol. The van der Waals surface area contributed by atoms with E-state index in [1.54, 1.807) is 23.9 Å². The Morgan fingerprint density at radius 3 is 2.67 bits per heavy atom. The first-order valence-corrected chi connectivity index (χ1v) is 8.32. The summed E-state index contributed by atoms with van der Waals surface area (Å²) >= 11 is 1.30. The summed E-state index contributed by atoms with van der Waals surface area (Å²) in [4.78, 5) is 12.4. The largest absolute Gasteiger partial charge is 0.496 e. The van der Waals surface area contributed by atoms with E-state index in [4.69, 9.17) is 4.74 Å². The van der Waals surface area contributed by atoms with Crippen LogP contribution in [-0.2, 0) is 0 Å². The molecule has 6 nitrogen and oxygen atoms in total. The van der Waals surface area contributed by atoms with Crippen LogP contribution in [0.4, 0.5) is 0 Å². The lowest BCUT2D eigenvalue weighted by Gasteiger charge is -2.07. The van der Waals surface area contributed by atoms with E-state index >= 15 is 0 Å². The number of aryl methyl sites for hydroxylation is 1. The third-order valence-electron chi connectivity index (χ3n) is 3.46. The van der Waals surface area contributed by atoms with Gasteiger partial charge in [0, 0.05) is 0 Å². The van der Waals surface area contributed by atoms with Gasteiger partial charge in [-0.2, -0.15) is 4.68 Å². The summed E-state index contributed by atoms with van der Waals surface area (Å²) in [6.45, 7) is 2.02. The van der Waals surface area contributed by atoms with Crippen molar-refractivity contribution in [2.45, 2.75) is 12.1 Å². The molecule has 0 spiro atoms. The highest BCUT2D eigenvalue weighted by Crippen LogP contribution is 2.23. The highest BCUT2D eigenvalue weighted by molar-refractivity contribution is 7.99. The van der Waals surface area contributed by atoms with Gasteiger partial charge < -0.3 is 4.74 Å². The molecule has 0 aliphatic rings. The fourth-order valence-corrected chi connectivity index (χ4v) is 2.97. The van der Waals surface area contributed by atoms with Gasteiger partial charge in [0.1, 0.15) is 5.75 Å². The Balaban J connectivity index is 1.75. The molecule has 7 heteroatoms. The van der Waals surface area contributed by atoms with E-state index in [0.29, 0.717) is 16.5 Å². The molecule has 0 aliphatic heterocycles. The average molecular weight is 340 g/mol. The van der Waals surface area contributed by atoms with Gasteiger partial charge in [-0.1, -0.05) is 41.6 Å². The van der Waals surface area contributed by atoms with Crippen molar-refractivity contribution in [2.75, 3.05) is 12.9 Å². The molecule has 24 heavy (non-hydrogen) atoms. The number of ether oxygens (including phenoxy) is 1. The maximum atomic E-state index is 12.4. The summed E-state index contributed by atoms with van der Waals surface area (Å²) < 4.78 is 6.86. The maximum Gasteiger partial charge on any atom is 0.214 e. The van der Waals surface area contributed by atoms with Crippen molar-refractivity contribution in [2.24, 2.45) is 0 Å². The molecule has 3 aromatic rings. The number of carbonyl (C=O) groups excluding carboxylic acids is 1. The standard InChI is InChI=1S/C17H16N4O2S/c1-12-7-9-13(10-8-12)21-17(18-19-20-21)24-11-15(22)14-5-3-4-6-16(14)23-2/h3-10H,11H2,1-2H3. The van der Waals surface area contributed by atoms with Gasteiger partial charge in [-0.15, -0.1) is 5.10 Å². The highest BCUT2D eigenvalue weighted by atomic mass is 32.2. The van der Waals surface area contributed by atoms with Crippen LogP contribution in [0.5, 0.6) is 5.75 Å². The minimum atomic E-state index is -0.0316. The molecule has 0 unspecified atom stereocenters. The number of nitrogens with zero attached hydrogens (tertiary/aromatic N) is 4. The topological polar surface area (TPSA) is 69.9 Å². The number of methoxy groups -OCH3 is 1. The van der Waals surface area contributed by atoms with Crippen molar-refractivity contribution in [1.82, 2.24) is 20.2 Å². The van der Waals surface area contributed by atoms with Crippen molar-refractivity contribution < 1.29 is 9.53 Å². The summed E-state index contributed by atoms with van der Waals surface area (Å²) in [5.74, 6) is 0.768. The van der Waals surface area contributed by atoms with Gasteiger partial charge in [0.05, 0.1) is 24.1 Å². The number of Topliss-reactive ketones (excluding diaryl/α,β-unsaturated/α-hetero) is 1. The number of benzene rings is 2. The number of para-hydroxylation sites is 1. The van der Waals surface area contributed by atoms with E-state index in [9.17, 15) is 4.79 Å². The zero-order valence-corrected chi connectivity index (χ0v) is 14.2. The van der Waals surface area contributed by atoms with Crippen LogP contribution < -0.4 is 4.74 Å². The number of carbonyl (C=O) groups is 1. The van der Waals surface area contributed by atoms with Crippen LogP contribution in [-0.4, -0.2) is 38.9 Å². The normalized spacial score (nSPS) is 10.6. The Hall–Kier alpha value is -2.67. The van der Waals surface area contributed by atoms with Crippen LogP contribution in [0.2, 0.25) is 0 Å². The first-order chi connectivity index (χ1) is 11.7. The van der Waals surface area contributed by atoms with Crippen LogP contribution in [0.25, 0.3) is 5.69 Å². The van der Waals surface area contributed by atoms with Crippen molar-refractivity contribution in [1.29, 1.82) is 0 Å². The molecule has 0 atom stereocenters. The lowest BCUT2D eigenvalue weighted by molar-refractivity contribution is 0.101. The number of ketones is 1. The van der Waals surface area contributed by atoms with Crippen LogP contribution in [0.3, 0.4) is 0 Å². The molecule has 0 amide bonds. The van der Waals surface area contributed by atoms with Gasteiger partial charge in [0.2, 0.25) is 5.16 Å². The summed E-state index contributed by atoms with van der Waals surface area (Å²) in [5.41, 5.74) is 2.58. The summed E-state index contributed by atoms with van der Waals surface area (Å²) in [5, 5.41) is 12.3. The van der Waals surface area contributed by atoms with E-state index < -0.39 is 0 Å². The summed E-state index contributed by atoms with van der Waals surface area (Å²) in [7, 11) is 1.55. The molecule has 0 radical (unpaired) electrons. The minimum absolute atomic E-state index is 0.0316. The monoisotopic (exact) mass is 340 g/mol. The lowest BCUT2D eigenvalue weighted by Crippen LogP contribution is -2.06. The second-order valence-electron chi connectivity index (χ2n) is 5.12. The number of hydrogen-bond acceptors (Lipinski definition) is 6. The number of thioether (sulfide) groups is 1. The fourth-order valence-electron chi connectivity index (χ4n) is 2.20. The van der Waals surface area contributed by atoms with Gasteiger partial charge in [0.15, 0.2) is 5.78 Å². The summed E-state index contributed by atoms with van der Waals surface area (Å²) in [6.07, 6.45) is 0. The number of aromatic nitrogens is 4. The molecule has 0 saturated carbocycles. The maximum absolute atomic E-state index is 12.4. The van der Waals surface area contributed by atoms with Crippen molar-refractivity contribution in [3.05, 3.63) is 59.7 Å². The molecule has 1 aromatic heterocycles. The van der Waals surface area contributed by atoms with Gasteiger partial charge >= 0.3 is 0 Å². The Kier molecular flexibility index (Phi) is 4.90. The SMILES string of the molecule is COc1ccccc1C(=O)CSc1nnnn1-c1ccc(C)cc1. The quantitative estimate of drug-likeness (QED) is 0.507. The van der Waals surface area contributed by atoms with Gasteiger partial charge in [-0.3, -0.25) is 4.79 Å². The first-order valence-electron chi connectivity index (χ1n) is 7.33. The van der Waals surface area contributed by atoms with E-state index in [2.05, 4.69) is 15.5 Å². The molecule has 2 aromatic carbocycles. The molecule has 0 fully saturated rings. The molecule has 0 bridgehead atoms. The average Bonchev–Trinajstić information content (AvgIpc) is 3.08. The van der Waals surface area contributed by atoms with Crippen LogP contribution in [0, 0.1) is 6.92 Å². The Morgan fingerprint density at radius 2 is 1.92 bits per heavy atom. The number of hydrogen-bond donors (Lipinski definition) is 0. The van der Waals surface area contributed by atoms with E-state index in [0.717, 1.165) is 11.3 Å². The predicted molar refractivity (Wildman–Crippen MR) is 91.9 cm³/mol. The van der Waals surface area contributed by atoms with Crippen LogP contribution in [0.15, 0.2) is 53.7 Å². The summed E-state index contributed by atoms with van der Waals surface area (Å²) in [6, 6.07) is 15.0. The lowest BCUT2D eigenvalue weighted by atomic mass is 10.1. The number of rotatable bonds is 6.